The van der Waals surface area contributed by atoms with Crippen LogP contribution < -0.4 is 14.8 Å². The highest BCUT2D eigenvalue weighted by Crippen LogP contribution is 2.48. The fourth-order valence-corrected chi connectivity index (χ4v) is 4.86. The van der Waals surface area contributed by atoms with Gasteiger partial charge in [0, 0.05) is 35.9 Å². The highest BCUT2D eigenvalue weighted by molar-refractivity contribution is 6.04. The number of fused-ring (bicyclic) bond motifs is 3. The van der Waals surface area contributed by atoms with Crippen molar-refractivity contribution in [2.45, 2.75) is 39.0 Å². The Kier molecular flexibility index (Phi) is 5.17. The molecule has 0 radical (unpaired) electrons. The van der Waals surface area contributed by atoms with Gasteiger partial charge in [0.15, 0.2) is 17.3 Å². The van der Waals surface area contributed by atoms with Crippen LogP contribution in [0.25, 0.3) is 10.8 Å². The van der Waals surface area contributed by atoms with E-state index in [-0.39, 0.29) is 11.7 Å². The zero-order valence-electron chi connectivity index (χ0n) is 18.2. The van der Waals surface area contributed by atoms with Crippen LogP contribution in [0.4, 0.5) is 5.69 Å². The predicted octanol–water partition coefficient (Wildman–Crippen LogP) is 5.73. The number of anilines is 1. The summed E-state index contributed by atoms with van der Waals surface area (Å²) in [5.41, 5.74) is 4.92. The maximum atomic E-state index is 13.1. The standard InChI is InChI=1S/C27H25NO4/c1-3-31-24-15-18(12-14-23(24)32-16(2)29)25-20-13-11-17-7-4-5-8-19(17)27(20)28-21-9-6-10-22(30)26(21)25/h4-5,7-8,11-15,25,28H,3,6,9-10H2,1-2H3. The van der Waals surface area contributed by atoms with E-state index < -0.39 is 5.97 Å². The van der Waals surface area contributed by atoms with Crippen molar-refractivity contribution in [3.63, 3.8) is 0 Å². The minimum absolute atomic E-state index is 0.185. The highest BCUT2D eigenvalue weighted by Gasteiger charge is 2.36. The van der Waals surface area contributed by atoms with Crippen molar-refractivity contribution in [2.24, 2.45) is 0 Å². The molecule has 5 nitrogen and oxygen atoms in total. The summed E-state index contributed by atoms with van der Waals surface area (Å²) in [6, 6.07) is 18.1. The third kappa shape index (κ3) is 3.44. The van der Waals surface area contributed by atoms with E-state index in [9.17, 15) is 9.59 Å². The van der Waals surface area contributed by atoms with E-state index in [0.717, 1.165) is 51.7 Å². The van der Waals surface area contributed by atoms with Gasteiger partial charge in [-0.3, -0.25) is 9.59 Å². The lowest BCUT2D eigenvalue weighted by atomic mass is 9.75. The third-order valence-electron chi connectivity index (χ3n) is 6.15. The molecule has 0 fully saturated rings. The molecule has 1 unspecified atom stereocenters. The number of ether oxygens (including phenoxy) is 2. The van der Waals surface area contributed by atoms with Gasteiger partial charge >= 0.3 is 5.97 Å². The summed E-state index contributed by atoms with van der Waals surface area (Å²) in [5.74, 6) is 0.477. The maximum absolute atomic E-state index is 13.1. The van der Waals surface area contributed by atoms with Crippen LogP contribution in [0.1, 0.15) is 50.2 Å². The van der Waals surface area contributed by atoms with E-state index in [1.54, 1.807) is 6.07 Å². The van der Waals surface area contributed by atoms with Crippen LogP contribution in [0.5, 0.6) is 11.5 Å². The van der Waals surface area contributed by atoms with Gasteiger partial charge < -0.3 is 14.8 Å². The van der Waals surface area contributed by atoms with Gasteiger partial charge in [0.1, 0.15) is 0 Å². The van der Waals surface area contributed by atoms with E-state index in [0.29, 0.717) is 24.5 Å². The largest absolute Gasteiger partial charge is 0.490 e. The molecule has 1 atom stereocenters. The molecule has 0 saturated carbocycles. The molecule has 1 heterocycles. The van der Waals surface area contributed by atoms with E-state index in [1.807, 2.05) is 31.2 Å². The number of nitrogens with one attached hydrogen (secondary N) is 1. The smallest absolute Gasteiger partial charge is 0.308 e. The van der Waals surface area contributed by atoms with Crippen molar-refractivity contribution in [3.05, 3.63) is 77.0 Å². The van der Waals surface area contributed by atoms with Crippen LogP contribution >= 0.6 is 0 Å². The molecule has 1 aliphatic carbocycles. The summed E-state index contributed by atoms with van der Waals surface area (Å²) < 4.78 is 11.1. The molecule has 1 aliphatic heterocycles. The van der Waals surface area contributed by atoms with E-state index in [1.165, 1.54) is 6.92 Å². The summed E-state index contributed by atoms with van der Waals surface area (Å²) in [5, 5.41) is 5.90. The number of benzene rings is 3. The molecule has 0 bridgehead atoms. The second kappa shape index (κ2) is 8.15. The number of ketones is 1. The summed E-state index contributed by atoms with van der Waals surface area (Å²) in [6.07, 6.45) is 2.26. The molecule has 0 amide bonds. The Balaban J connectivity index is 1.72. The third-order valence-corrected chi connectivity index (χ3v) is 6.15. The van der Waals surface area contributed by atoms with Crippen LogP contribution in [0.3, 0.4) is 0 Å². The average Bonchev–Trinajstić information content (AvgIpc) is 2.79. The van der Waals surface area contributed by atoms with Crippen molar-refractivity contribution in [2.75, 3.05) is 11.9 Å². The molecule has 3 aromatic carbocycles. The van der Waals surface area contributed by atoms with Crippen LogP contribution in [-0.4, -0.2) is 18.4 Å². The van der Waals surface area contributed by atoms with Crippen molar-refractivity contribution >= 4 is 28.2 Å². The van der Waals surface area contributed by atoms with Crippen LogP contribution in [-0.2, 0) is 9.59 Å². The zero-order chi connectivity index (χ0) is 22.2. The minimum Gasteiger partial charge on any atom is -0.490 e. The van der Waals surface area contributed by atoms with Crippen molar-refractivity contribution in [1.29, 1.82) is 0 Å². The number of allylic oxidation sites excluding steroid dienone is 2. The average molecular weight is 428 g/mol. The van der Waals surface area contributed by atoms with Crippen LogP contribution in [0.15, 0.2) is 65.9 Å². The molecule has 162 valence electrons. The van der Waals surface area contributed by atoms with Gasteiger partial charge in [0.25, 0.3) is 0 Å². The molecule has 1 N–H and O–H groups in total. The number of Topliss-reactive ketones (excluding diaryl/α,β-unsaturated/α-hetero) is 1. The quantitative estimate of drug-likeness (QED) is 0.426. The van der Waals surface area contributed by atoms with Gasteiger partial charge in [-0.1, -0.05) is 42.5 Å². The molecular weight excluding hydrogens is 402 g/mol. The number of hydrogen-bond acceptors (Lipinski definition) is 5. The van der Waals surface area contributed by atoms with Gasteiger partial charge in [0.2, 0.25) is 0 Å². The van der Waals surface area contributed by atoms with E-state index >= 15 is 0 Å². The minimum atomic E-state index is -0.398. The maximum Gasteiger partial charge on any atom is 0.308 e. The molecule has 5 heteroatoms. The molecule has 3 aromatic rings. The molecule has 2 aliphatic rings. The number of rotatable bonds is 4. The Hall–Kier alpha value is -3.60. The van der Waals surface area contributed by atoms with E-state index in [4.69, 9.17) is 9.47 Å². The van der Waals surface area contributed by atoms with Gasteiger partial charge in [-0.2, -0.15) is 0 Å². The first kappa shape index (κ1) is 20.3. The molecular formula is C27H25NO4. The molecule has 0 saturated heterocycles. The summed E-state index contributed by atoms with van der Waals surface area (Å²) >= 11 is 0. The Bertz CT molecular complexity index is 1270. The lowest BCUT2D eigenvalue weighted by Gasteiger charge is -2.35. The number of esters is 1. The molecule has 0 aromatic heterocycles. The number of hydrogen-bond donors (Lipinski definition) is 1. The normalized spacial score (nSPS) is 17.4. The van der Waals surface area contributed by atoms with Crippen molar-refractivity contribution < 1.29 is 19.1 Å². The van der Waals surface area contributed by atoms with Gasteiger partial charge in [-0.05, 0) is 48.4 Å². The number of carbonyl (C=O) groups is 2. The Morgan fingerprint density at radius 3 is 2.72 bits per heavy atom. The van der Waals surface area contributed by atoms with Crippen molar-refractivity contribution in [3.8, 4) is 11.5 Å². The summed E-state index contributed by atoms with van der Waals surface area (Å²) in [4.78, 5) is 24.6. The molecule has 0 spiro atoms. The zero-order valence-corrected chi connectivity index (χ0v) is 18.2. The fourth-order valence-electron chi connectivity index (χ4n) is 4.86. The Morgan fingerprint density at radius 2 is 1.91 bits per heavy atom. The van der Waals surface area contributed by atoms with Gasteiger partial charge in [0.05, 0.1) is 12.3 Å². The lowest BCUT2D eigenvalue weighted by molar-refractivity contribution is -0.132. The fraction of sp³-hybridized carbons (Fsp3) is 0.259. The number of carbonyl (C=O) groups excluding carboxylic acids is 2. The van der Waals surface area contributed by atoms with Crippen LogP contribution in [0, 0.1) is 0 Å². The first-order chi connectivity index (χ1) is 15.6. The van der Waals surface area contributed by atoms with Crippen LogP contribution in [0.2, 0.25) is 0 Å². The summed E-state index contributed by atoms with van der Waals surface area (Å²) in [6.45, 7) is 3.70. The Labute approximate surface area is 187 Å². The van der Waals surface area contributed by atoms with E-state index in [2.05, 4.69) is 29.6 Å². The second-order valence-corrected chi connectivity index (χ2v) is 8.21. The second-order valence-electron chi connectivity index (χ2n) is 8.21. The lowest BCUT2D eigenvalue weighted by Crippen LogP contribution is -2.27. The monoisotopic (exact) mass is 427 g/mol. The SMILES string of the molecule is CCOc1cc(C2C3=C(CCCC3=O)Nc3c2ccc2ccccc32)ccc1OC(C)=O. The van der Waals surface area contributed by atoms with Crippen molar-refractivity contribution in [1.82, 2.24) is 0 Å². The topological polar surface area (TPSA) is 64.6 Å². The summed E-state index contributed by atoms with van der Waals surface area (Å²) in [7, 11) is 0. The van der Waals surface area contributed by atoms with Gasteiger partial charge in [-0.25, -0.2) is 0 Å². The highest BCUT2D eigenvalue weighted by atomic mass is 16.6. The predicted molar refractivity (Wildman–Crippen MR) is 124 cm³/mol. The van der Waals surface area contributed by atoms with Gasteiger partial charge in [-0.15, -0.1) is 0 Å². The first-order valence-corrected chi connectivity index (χ1v) is 11.1. The first-order valence-electron chi connectivity index (χ1n) is 11.1. The Morgan fingerprint density at radius 1 is 1.06 bits per heavy atom. The molecule has 32 heavy (non-hydrogen) atoms. The molecule has 5 rings (SSSR count).